The number of nitrogens with zero attached hydrogens (tertiary/aromatic N) is 1. The number of aromatic nitrogens is 1. The molecule has 0 amide bonds. The van der Waals surface area contributed by atoms with E-state index in [1.165, 1.54) is 0 Å². The van der Waals surface area contributed by atoms with Crippen LogP contribution >= 0.6 is 11.6 Å². The summed E-state index contributed by atoms with van der Waals surface area (Å²) in [6.07, 6.45) is 6.33. The van der Waals surface area contributed by atoms with Gasteiger partial charge in [0.1, 0.15) is 5.17 Å². The molecule has 1 aliphatic rings. The van der Waals surface area contributed by atoms with Crippen molar-refractivity contribution in [3.8, 4) is 0 Å². The molecule has 1 aromatic heterocycles. The molecule has 4 heteroatoms. The fourth-order valence-corrected chi connectivity index (χ4v) is 2.53. The Morgan fingerprint density at radius 3 is 2.81 bits per heavy atom. The summed E-state index contributed by atoms with van der Waals surface area (Å²) in [5, 5.41) is 11.4. The fourth-order valence-electron chi connectivity index (χ4n) is 2.27. The molecule has 2 N–H and O–H groups in total. The summed E-state index contributed by atoms with van der Waals surface area (Å²) < 4.78 is 0. The first-order valence-corrected chi connectivity index (χ1v) is 5.95. The Labute approximate surface area is 101 Å². The molecule has 0 bridgehead atoms. The van der Waals surface area contributed by atoms with Gasteiger partial charge in [0, 0.05) is 17.8 Å². The summed E-state index contributed by atoms with van der Waals surface area (Å²) in [7, 11) is 0. The summed E-state index contributed by atoms with van der Waals surface area (Å²) in [5.74, 6) is 0. The molecule has 1 aromatic rings. The molecule has 0 spiro atoms. The number of hydrogen-bond acceptors (Lipinski definition) is 3. The van der Waals surface area contributed by atoms with Crippen LogP contribution in [0.2, 0.25) is 0 Å². The molecular formula is C12H16ClN3. The van der Waals surface area contributed by atoms with E-state index in [1.54, 1.807) is 6.20 Å². The minimum atomic E-state index is -0.171. The van der Waals surface area contributed by atoms with Crippen molar-refractivity contribution in [1.82, 2.24) is 10.3 Å². The van der Waals surface area contributed by atoms with E-state index >= 15 is 0 Å². The van der Waals surface area contributed by atoms with Gasteiger partial charge < -0.3 is 5.32 Å². The molecule has 1 saturated heterocycles. The molecule has 16 heavy (non-hydrogen) atoms. The number of halogens is 1. The number of rotatable bonds is 3. The van der Waals surface area contributed by atoms with Gasteiger partial charge in [-0.25, -0.2) is 0 Å². The maximum absolute atomic E-state index is 7.80. The highest BCUT2D eigenvalue weighted by Gasteiger charge is 2.35. The van der Waals surface area contributed by atoms with Crippen molar-refractivity contribution in [3.63, 3.8) is 0 Å². The van der Waals surface area contributed by atoms with E-state index in [4.69, 9.17) is 17.0 Å². The fraction of sp³-hybridized carbons (Fsp3) is 0.500. The summed E-state index contributed by atoms with van der Waals surface area (Å²) in [6, 6.07) is 3.98. The average molecular weight is 238 g/mol. The predicted octanol–water partition coefficient (Wildman–Crippen LogP) is 2.21. The predicted molar refractivity (Wildman–Crippen MR) is 66.1 cm³/mol. The van der Waals surface area contributed by atoms with E-state index in [9.17, 15) is 0 Å². The SMILES string of the molecule is N=C(Cl)C1(Cc2cccnc2)CCNCC1. The third kappa shape index (κ3) is 2.42. The van der Waals surface area contributed by atoms with Gasteiger partial charge in [-0.2, -0.15) is 0 Å². The zero-order valence-corrected chi connectivity index (χ0v) is 9.93. The molecule has 0 aliphatic carbocycles. The maximum atomic E-state index is 7.80. The second-order valence-corrected chi connectivity index (χ2v) is 4.76. The number of hydrogen-bond donors (Lipinski definition) is 2. The van der Waals surface area contributed by atoms with Crippen LogP contribution in [0.15, 0.2) is 24.5 Å². The van der Waals surface area contributed by atoms with Gasteiger partial charge in [-0.05, 0) is 44.0 Å². The molecule has 3 nitrogen and oxygen atoms in total. The maximum Gasteiger partial charge on any atom is 0.104 e. The third-order valence-corrected chi connectivity index (χ3v) is 3.69. The highest BCUT2D eigenvalue weighted by molar-refractivity contribution is 6.65. The second-order valence-electron chi connectivity index (χ2n) is 4.38. The molecule has 0 atom stereocenters. The van der Waals surface area contributed by atoms with E-state index in [-0.39, 0.29) is 10.6 Å². The van der Waals surface area contributed by atoms with Crippen molar-refractivity contribution in [2.45, 2.75) is 19.3 Å². The standard InChI is InChI=1S/C12H16ClN3/c13-11(14)12(3-6-15-7-4-12)8-10-2-1-5-16-9-10/h1-2,5,9,14-15H,3-4,6-8H2. The Bertz CT molecular complexity index is 358. The highest BCUT2D eigenvalue weighted by Crippen LogP contribution is 2.35. The summed E-state index contributed by atoms with van der Waals surface area (Å²) >= 11 is 6.00. The smallest absolute Gasteiger partial charge is 0.104 e. The Morgan fingerprint density at radius 2 is 2.25 bits per heavy atom. The first kappa shape index (κ1) is 11.6. The molecule has 0 saturated carbocycles. The minimum Gasteiger partial charge on any atom is -0.317 e. The first-order valence-electron chi connectivity index (χ1n) is 5.57. The van der Waals surface area contributed by atoms with Gasteiger partial charge in [-0.3, -0.25) is 10.4 Å². The van der Waals surface area contributed by atoms with Crippen molar-refractivity contribution >= 4 is 16.8 Å². The molecule has 1 fully saturated rings. The first-order chi connectivity index (χ1) is 7.73. The molecule has 86 valence electrons. The lowest BCUT2D eigenvalue weighted by Gasteiger charge is -2.36. The largest absolute Gasteiger partial charge is 0.317 e. The minimum absolute atomic E-state index is 0.171. The lowest BCUT2D eigenvalue weighted by Crippen LogP contribution is -2.41. The monoisotopic (exact) mass is 237 g/mol. The highest BCUT2D eigenvalue weighted by atomic mass is 35.5. The van der Waals surface area contributed by atoms with Gasteiger partial charge in [-0.1, -0.05) is 17.7 Å². The summed E-state index contributed by atoms with van der Waals surface area (Å²) in [6.45, 7) is 1.88. The summed E-state index contributed by atoms with van der Waals surface area (Å²) in [5.41, 5.74) is 0.991. The average Bonchev–Trinajstić information content (AvgIpc) is 2.31. The van der Waals surface area contributed by atoms with E-state index in [2.05, 4.69) is 16.4 Å². The number of pyridine rings is 1. The Morgan fingerprint density at radius 1 is 1.50 bits per heavy atom. The van der Waals surface area contributed by atoms with Crippen LogP contribution < -0.4 is 5.32 Å². The molecular weight excluding hydrogens is 222 g/mol. The van der Waals surface area contributed by atoms with Crippen molar-refractivity contribution in [3.05, 3.63) is 30.1 Å². The van der Waals surface area contributed by atoms with Crippen molar-refractivity contribution in [2.75, 3.05) is 13.1 Å². The zero-order valence-electron chi connectivity index (χ0n) is 9.17. The normalized spacial score (nSPS) is 19.3. The van der Waals surface area contributed by atoms with Crippen LogP contribution in [0.25, 0.3) is 0 Å². The lowest BCUT2D eigenvalue weighted by atomic mass is 9.75. The molecule has 1 aliphatic heterocycles. The van der Waals surface area contributed by atoms with Gasteiger partial charge in [0.25, 0.3) is 0 Å². The van der Waals surface area contributed by atoms with Gasteiger partial charge in [-0.15, -0.1) is 0 Å². The number of nitrogens with one attached hydrogen (secondary N) is 2. The number of piperidine rings is 1. The topological polar surface area (TPSA) is 48.8 Å². The summed E-state index contributed by atoms with van der Waals surface area (Å²) in [4.78, 5) is 4.11. The van der Waals surface area contributed by atoms with Gasteiger partial charge in [0.05, 0.1) is 0 Å². The molecule has 2 heterocycles. The van der Waals surface area contributed by atoms with Gasteiger partial charge >= 0.3 is 0 Å². The third-order valence-electron chi connectivity index (χ3n) is 3.29. The van der Waals surface area contributed by atoms with Crippen molar-refractivity contribution < 1.29 is 0 Å². The molecule has 0 unspecified atom stereocenters. The van der Waals surface area contributed by atoms with Gasteiger partial charge in [0.15, 0.2) is 0 Å². The van der Waals surface area contributed by atoms with E-state index in [0.29, 0.717) is 0 Å². The molecule has 0 aromatic carbocycles. The van der Waals surface area contributed by atoms with E-state index in [0.717, 1.165) is 37.9 Å². The van der Waals surface area contributed by atoms with Crippen LogP contribution in [-0.2, 0) is 6.42 Å². The van der Waals surface area contributed by atoms with Crippen molar-refractivity contribution in [2.24, 2.45) is 5.41 Å². The lowest BCUT2D eigenvalue weighted by molar-refractivity contribution is 0.299. The van der Waals surface area contributed by atoms with E-state index in [1.807, 2.05) is 12.3 Å². The van der Waals surface area contributed by atoms with Crippen LogP contribution in [-0.4, -0.2) is 23.2 Å². The van der Waals surface area contributed by atoms with Crippen LogP contribution in [0.4, 0.5) is 0 Å². The Kier molecular flexibility index (Phi) is 3.56. The van der Waals surface area contributed by atoms with Crippen LogP contribution in [0, 0.1) is 10.8 Å². The van der Waals surface area contributed by atoms with Crippen LogP contribution in [0.5, 0.6) is 0 Å². The van der Waals surface area contributed by atoms with Crippen molar-refractivity contribution in [1.29, 1.82) is 5.41 Å². The van der Waals surface area contributed by atoms with E-state index < -0.39 is 0 Å². The Balaban J connectivity index is 2.17. The van der Waals surface area contributed by atoms with Crippen LogP contribution in [0.1, 0.15) is 18.4 Å². The molecule has 0 radical (unpaired) electrons. The Hall–Kier alpha value is -0.930. The molecule has 2 rings (SSSR count). The quantitative estimate of drug-likeness (QED) is 0.792. The zero-order chi connectivity index (χ0) is 11.4. The van der Waals surface area contributed by atoms with Gasteiger partial charge in [0.2, 0.25) is 0 Å². The second kappa shape index (κ2) is 4.93. The van der Waals surface area contributed by atoms with Crippen LogP contribution in [0.3, 0.4) is 0 Å².